The van der Waals surface area contributed by atoms with Crippen molar-refractivity contribution in [3.05, 3.63) is 64.2 Å². The quantitative estimate of drug-likeness (QED) is 0.592. The Bertz CT molecular complexity index is 695. The molecule has 0 spiro atoms. The molecule has 22 heavy (non-hydrogen) atoms. The number of hydrogen-bond acceptors (Lipinski definition) is 3. The highest BCUT2D eigenvalue weighted by Gasteiger charge is 2.15. The van der Waals surface area contributed by atoms with Crippen molar-refractivity contribution in [2.75, 3.05) is 6.16 Å². The van der Waals surface area contributed by atoms with Crippen LogP contribution in [0.3, 0.4) is 0 Å². The van der Waals surface area contributed by atoms with E-state index >= 15 is 0 Å². The summed E-state index contributed by atoms with van der Waals surface area (Å²) in [6, 6.07) is 10.9. The lowest BCUT2D eigenvalue weighted by Gasteiger charge is -2.11. The van der Waals surface area contributed by atoms with Gasteiger partial charge >= 0.3 is 0 Å². The van der Waals surface area contributed by atoms with Gasteiger partial charge in [0.2, 0.25) is 8.03 Å². The molecule has 0 N–H and O–H groups in total. The highest BCUT2D eigenvalue weighted by molar-refractivity contribution is 7.39. The average Bonchev–Trinajstić information content (AvgIpc) is 2.46. The Morgan fingerprint density at radius 3 is 2.09 bits per heavy atom. The topological polar surface area (TPSA) is 43.4 Å². The number of hydrogen-bond donors (Lipinski definition) is 0. The van der Waals surface area contributed by atoms with E-state index in [9.17, 15) is 9.36 Å². The number of benzene rings is 2. The van der Waals surface area contributed by atoms with Crippen LogP contribution in [0.15, 0.2) is 36.4 Å². The summed E-state index contributed by atoms with van der Waals surface area (Å²) < 4.78 is 16.7. The molecule has 2 aromatic carbocycles. The highest BCUT2D eigenvalue weighted by Crippen LogP contribution is 2.27. The summed E-state index contributed by atoms with van der Waals surface area (Å²) in [7, 11) is -2.02. The summed E-state index contributed by atoms with van der Waals surface area (Å²) in [5, 5.41) is 0. The molecule has 0 saturated heterocycles. The first-order valence-corrected chi connectivity index (χ1v) is 8.88. The molecule has 1 unspecified atom stereocenters. The van der Waals surface area contributed by atoms with Crippen molar-refractivity contribution in [2.45, 2.75) is 27.7 Å². The SMILES string of the molecule is CC[PH](=O)Oc1ccc(C(=O)c2c(C)cc(C)cc2C)cc1. The molecule has 116 valence electrons. The van der Waals surface area contributed by atoms with E-state index in [1.54, 1.807) is 24.3 Å². The van der Waals surface area contributed by atoms with Crippen LogP contribution in [0, 0.1) is 20.8 Å². The zero-order valence-corrected chi connectivity index (χ0v) is 14.4. The monoisotopic (exact) mass is 316 g/mol. The third-order valence-electron chi connectivity index (χ3n) is 3.54. The Morgan fingerprint density at radius 1 is 1.05 bits per heavy atom. The first kappa shape index (κ1) is 16.5. The van der Waals surface area contributed by atoms with E-state index in [4.69, 9.17) is 4.52 Å². The van der Waals surface area contributed by atoms with Crippen molar-refractivity contribution in [1.82, 2.24) is 0 Å². The fourth-order valence-electron chi connectivity index (χ4n) is 2.56. The largest absolute Gasteiger partial charge is 0.445 e. The highest BCUT2D eigenvalue weighted by atomic mass is 31.1. The van der Waals surface area contributed by atoms with Crippen molar-refractivity contribution in [1.29, 1.82) is 0 Å². The maximum absolute atomic E-state index is 12.7. The van der Waals surface area contributed by atoms with Gasteiger partial charge in [-0.2, -0.15) is 0 Å². The summed E-state index contributed by atoms with van der Waals surface area (Å²) >= 11 is 0. The molecule has 0 aliphatic heterocycles. The molecule has 0 radical (unpaired) electrons. The smallest absolute Gasteiger partial charge is 0.236 e. The second-order valence-electron chi connectivity index (χ2n) is 5.45. The van der Waals surface area contributed by atoms with Gasteiger partial charge in [0, 0.05) is 17.3 Å². The molecule has 2 rings (SSSR count). The molecule has 0 fully saturated rings. The minimum atomic E-state index is -2.02. The Kier molecular flexibility index (Phi) is 5.20. The maximum Gasteiger partial charge on any atom is 0.236 e. The third-order valence-corrected chi connectivity index (χ3v) is 4.58. The molecule has 0 aliphatic carbocycles. The lowest BCUT2D eigenvalue weighted by Crippen LogP contribution is -2.06. The normalized spacial score (nSPS) is 12.0. The minimum Gasteiger partial charge on any atom is -0.445 e. The van der Waals surface area contributed by atoms with E-state index < -0.39 is 8.03 Å². The van der Waals surface area contributed by atoms with Crippen LogP contribution in [0.1, 0.15) is 39.5 Å². The summed E-state index contributed by atoms with van der Waals surface area (Å²) in [6.45, 7) is 7.76. The standard InChI is InChI=1S/C18H21O3P/c1-5-22(20)21-16-8-6-15(7-9-16)18(19)17-13(3)10-12(2)11-14(17)4/h6-11,22H,5H2,1-4H3. The van der Waals surface area contributed by atoms with Gasteiger partial charge in [-0.05, 0) is 56.2 Å². The predicted octanol–water partition coefficient (Wildman–Crippen LogP) is 4.72. The Morgan fingerprint density at radius 2 is 1.59 bits per heavy atom. The maximum atomic E-state index is 12.7. The van der Waals surface area contributed by atoms with Gasteiger partial charge in [0.25, 0.3) is 0 Å². The zero-order valence-electron chi connectivity index (χ0n) is 13.4. The molecule has 0 saturated carbocycles. The minimum absolute atomic E-state index is 0.00435. The Balaban J connectivity index is 2.29. The number of ketones is 1. The van der Waals surface area contributed by atoms with Crippen molar-refractivity contribution >= 4 is 13.8 Å². The van der Waals surface area contributed by atoms with Crippen LogP contribution < -0.4 is 4.52 Å². The molecule has 0 aromatic heterocycles. The number of rotatable bonds is 5. The van der Waals surface area contributed by atoms with Gasteiger partial charge in [-0.25, -0.2) is 0 Å². The van der Waals surface area contributed by atoms with Gasteiger partial charge in [-0.3, -0.25) is 9.36 Å². The lowest BCUT2D eigenvalue weighted by molar-refractivity contribution is 0.103. The molecule has 0 bridgehead atoms. The van der Waals surface area contributed by atoms with Crippen LogP contribution in [-0.2, 0) is 4.57 Å². The zero-order chi connectivity index (χ0) is 16.3. The van der Waals surface area contributed by atoms with Crippen molar-refractivity contribution in [2.24, 2.45) is 0 Å². The molecule has 4 heteroatoms. The van der Waals surface area contributed by atoms with Gasteiger partial charge in [-0.15, -0.1) is 0 Å². The molecule has 0 aliphatic rings. The van der Waals surface area contributed by atoms with Gasteiger partial charge in [-0.1, -0.05) is 24.6 Å². The van der Waals surface area contributed by atoms with Gasteiger partial charge in [0.1, 0.15) is 5.75 Å². The molecule has 0 amide bonds. The van der Waals surface area contributed by atoms with E-state index in [1.807, 2.05) is 39.8 Å². The molecular formula is C18H21O3P. The van der Waals surface area contributed by atoms with Crippen molar-refractivity contribution < 1.29 is 13.9 Å². The second-order valence-corrected chi connectivity index (χ2v) is 7.11. The molecule has 0 heterocycles. The van der Waals surface area contributed by atoms with Crippen molar-refractivity contribution in [3.63, 3.8) is 0 Å². The van der Waals surface area contributed by atoms with E-state index in [-0.39, 0.29) is 5.78 Å². The molecule has 1 atom stereocenters. The number of carbonyl (C=O) groups excluding carboxylic acids is 1. The predicted molar refractivity (Wildman–Crippen MR) is 90.7 cm³/mol. The number of aryl methyl sites for hydroxylation is 3. The van der Waals surface area contributed by atoms with Gasteiger partial charge in [0.15, 0.2) is 5.78 Å². The molecular weight excluding hydrogens is 295 g/mol. The van der Waals surface area contributed by atoms with E-state index in [0.717, 1.165) is 22.3 Å². The van der Waals surface area contributed by atoms with Crippen LogP contribution in [-0.4, -0.2) is 11.9 Å². The van der Waals surface area contributed by atoms with Crippen LogP contribution in [0.25, 0.3) is 0 Å². The summed E-state index contributed by atoms with van der Waals surface area (Å²) in [5.74, 6) is 0.546. The molecule has 3 nitrogen and oxygen atoms in total. The first-order chi connectivity index (χ1) is 10.4. The first-order valence-electron chi connectivity index (χ1n) is 7.35. The van der Waals surface area contributed by atoms with E-state index in [2.05, 4.69) is 0 Å². The fourth-order valence-corrected chi connectivity index (χ4v) is 3.10. The van der Waals surface area contributed by atoms with Crippen LogP contribution in [0.2, 0.25) is 0 Å². The van der Waals surface area contributed by atoms with Gasteiger partial charge < -0.3 is 4.52 Å². The second kappa shape index (κ2) is 6.93. The van der Waals surface area contributed by atoms with Crippen molar-refractivity contribution in [3.8, 4) is 5.75 Å². The van der Waals surface area contributed by atoms with Gasteiger partial charge in [0.05, 0.1) is 0 Å². The Labute approximate surface area is 132 Å². The summed E-state index contributed by atoms with van der Waals surface area (Å²) in [5.41, 5.74) is 4.48. The third kappa shape index (κ3) is 3.66. The van der Waals surface area contributed by atoms with Crippen LogP contribution in [0.4, 0.5) is 0 Å². The Hall–Kier alpha value is -1.86. The lowest BCUT2D eigenvalue weighted by atomic mass is 9.93. The van der Waals surface area contributed by atoms with E-state index in [0.29, 0.717) is 17.5 Å². The number of carbonyl (C=O) groups is 1. The van der Waals surface area contributed by atoms with Crippen LogP contribution in [0.5, 0.6) is 5.75 Å². The van der Waals surface area contributed by atoms with Crippen LogP contribution >= 0.6 is 8.03 Å². The van der Waals surface area contributed by atoms with E-state index in [1.165, 1.54) is 0 Å². The average molecular weight is 316 g/mol. The summed E-state index contributed by atoms with van der Waals surface area (Å²) in [6.07, 6.45) is 0.507. The molecule has 2 aromatic rings. The summed E-state index contributed by atoms with van der Waals surface area (Å²) in [4.78, 5) is 12.7. The fraction of sp³-hybridized carbons (Fsp3) is 0.278.